The summed E-state index contributed by atoms with van der Waals surface area (Å²) >= 11 is 3.31. The van der Waals surface area contributed by atoms with Crippen molar-refractivity contribution in [1.29, 1.82) is 0 Å². The number of rotatable bonds is 9. The van der Waals surface area contributed by atoms with Crippen molar-refractivity contribution in [2.45, 2.75) is 32.2 Å². The molecular weight excluding hydrogens is 521 g/mol. The van der Waals surface area contributed by atoms with Gasteiger partial charge in [0.05, 0.1) is 13.7 Å². The molecule has 0 saturated heterocycles. The van der Waals surface area contributed by atoms with Gasteiger partial charge in [0.25, 0.3) is 5.56 Å². The molecule has 0 radical (unpaired) electrons. The van der Waals surface area contributed by atoms with Crippen LogP contribution in [0.3, 0.4) is 0 Å². The van der Waals surface area contributed by atoms with E-state index < -0.39 is 43.3 Å². The molecule has 0 amide bonds. The largest absolute Gasteiger partial charge is 0.468 e. The molecule has 0 fully saturated rings. The van der Waals surface area contributed by atoms with Gasteiger partial charge in [-0.3, -0.25) is 23.7 Å². The molecule has 2 N–H and O–H groups in total. The second-order valence-corrected chi connectivity index (χ2v) is 9.75. The lowest BCUT2D eigenvalue weighted by Gasteiger charge is -2.24. The van der Waals surface area contributed by atoms with Crippen molar-refractivity contribution in [2.75, 3.05) is 13.7 Å². The van der Waals surface area contributed by atoms with E-state index in [0.717, 1.165) is 0 Å². The SMILES string of the molecule is COC(=O)C(C)NP(=O)(OCC1C=CC(n2cc(C)c(=O)[nH]c2=O)O1)Oc1cccc(Br)c1. The molecule has 0 aliphatic carbocycles. The summed E-state index contributed by atoms with van der Waals surface area (Å²) in [5.74, 6) is -0.408. The summed E-state index contributed by atoms with van der Waals surface area (Å²) in [4.78, 5) is 37.7. The fourth-order valence-corrected chi connectivity index (χ4v) is 4.78. The minimum absolute atomic E-state index is 0.212. The highest BCUT2D eigenvalue weighted by Gasteiger charge is 2.34. The molecule has 13 heteroatoms. The zero-order valence-electron chi connectivity index (χ0n) is 18.0. The molecule has 2 heterocycles. The van der Waals surface area contributed by atoms with Gasteiger partial charge in [-0.15, -0.1) is 0 Å². The first-order valence-corrected chi connectivity index (χ1v) is 12.1. The highest BCUT2D eigenvalue weighted by Crippen LogP contribution is 2.45. The molecule has 33 heavy (non-hydrogen) atoms. The Morgan fingerprint density at radius 2 is 2.12 bits per heavy atom. The van der Waals surface area contributed by atoms with E-state index in [1.54, 1.807) is 43.3 Å². The van der Waals surface area contributed by atoms with Crippen LogP contribution in [-0.2, 0) is 23.4 Å². The summed E-state index contributed by atoms with van der Waals surface area (Å²) in [6.45, 7) is 2.81. The van der Waals surface area contributed by atoms with Crippen LogP contribution >= 0.6 is 23.7 Å². The molecule has 1 aromatic heterocycles. The minimum atomic E-state index is -4.05. The van der Waals surface area contributed by atoms with Gasteiger partial charge >= 0.3 is 19.4 Å². The predicted octanol–water partition coefficient (Wildman–Crippen LogP) is 2.42. The summed E-state index contributed by atoms with van der Waals surface area (Å²) in [5, 5.41) is 2.55. The van der Waals surface area contributed by atoms with Gasteiger partial charge in [-0.2, -0.15) is 5.09 Å². The summed E-state index contributed by atoms with van der Waals surface area (Å²) in [7, 11) is -2.85. The first-order chi connectivity index (χ1) is 15.6. The molecular formula is C20H23BrN3O8P. The van der Waals surface area contributed by atoms with Crippen molar-refractivity contribution in [2.24, 2.45) is 0 Å². The standard InChI is InChI=1S/C20H23BrN3O8P/c1-12-10-24(20(27)22-18(12)25)17-8-7-16(31-17)11-30-33(28,23-13(2)19(26)29-3)32-15-6-4-5-14(21)9-15/h4-10,13,16-17H,11H2,1-3H3,(H,23,28)(H,22,25,27). The third-order valence-corrected chi connectivity index (χ3v) is 6.70. The normalized spacial score (nSPS) is 20.2. The number of H-pyrrole nitrogens is 1. The van der Waals surface area contributed by atoms with E-state index in [-0.39, 0.29) is 12.4 Å². The Hall–Kier alpha value is -2.50. The van der Waals surface area contributed by atoms with Crippen LogP contribution in [0, 0.1) is 6.92 Å². The molecule has 11 nitrogen and oxygen atoms in total. The minimum Gasteiger partial charge on any atom is -0.468 e. The van der Waals surface area contributed by atoms with Crippen molar-refractivity contribution in [3.05, 3.63) is 73.5 Å². The van der Waals surface area contributed by atoms with Crippen LogP contribution in [-0.4, -0.2) is 41.4 Å². The van der Waals surface area contributed by atoms with Crippen LogP contribution in [0.2, 0.25) is 0 Å². The van der Waals surface area contributed by atoms with E-state index in [0.29, 0.717) is 10.0 Å². The molecule has 1 aliphatic heterocycles. The molecule has 3 rings (SSSR count). The van der Waals surface area contributed by atoms with Gasteiger partial charge < -0.3 is 14.0 Å². The monoisotopic (exact) mass is 543 g/mol. The summed E-state index contributed by atoms with van der Waals surface area (Å²) in [6, 6.07) is 5.64. The van der Waals surface area contributed by atoms with Gasteiger partial charge in [0, 0.05) is 16.2 Å². The van der Waals surface area contributed by atoms with Crippen LogP contribution in [0.5, 0.6) is 5.75 Å². The fourth-order valence-electron chi connectivity index (χ4n) is 2.91. The number of aromatic nitrogens is 2. The highest BCUT2D eigenvalue weighted by molar-refractivity contribution is 9.10. The number of aromatic amines is 1. The van der Waals surface area contributed by atoms with Gasteiger partial charge in [-0.1, -0.05) is 28.1 Å². The number of esters is 1. The first kappa shape index (κ1) is 25.1. The van der Waals surface area contributed by atoms with Gasteiger partial charge in [-0.25, -0.2) is 9.36 Å². The van der Waals surface area contributed by atoms with Gasteiger partial charge in [0.15, 0.2) is 6.23 Å². The molecule has 0 bridgehead atoms. The third kappa shape index (κ3) is 6.52. The van der Waals surface area contributed by atoms with E-state index >= 15 is 0 Å². The molecule has 1 aromatic carbocycles. The van der Waals surface area contributed by atoms with Crippen LogP contribution in [0.4, 0.5) is 0 Å². The number of methoxy groups -OCH3 is 1. The van der Waals surface area contributed by atoms with Crippen LogP contribution in [0.15, 0.2) is 56.7 Å². The quantitative estimate of drug-likeness (QED) is 0.277. The molecule has 2 aromatic rings. The second kappa shape index (κ2) is 10.6. The Kier molecular flexibility index (Phi) is 8.09. The molecule has 4 unspecified atom stereocenters. The van der Waals surface area contributed by atoms with Gasteiger partial charge in [0.2, 0.25) is 0 Å². The molecule has 0 saturated carbocycles. The fraction of sp³-hybridized carbons (Fsp3) is 0.350. The van der Waals surface area contributed by atoms with E-state index in [2.05, 4.69) is 30.7 Å². The maximum atomic E-state index is 13.4. The van der Waals surface area contributed by atoms with Crippen molar-refractivity contribution >= 4 is 29.6 Å². The number of nitrogens with zero attached hydrogens (tertiary/aromatic N) is 1. The number of carbonyl (C=O) groups excluding carboxylic acids is 1. The topological polar surface area (TPSA) is 138 Å². The van der Waals surface area contributed by atoms with E-state index in [1.165, 1.54) is 24.8 Å². The Bertz CT molecular complexity index is 1210. The number of ether oxygens (including phenoxy) is 2. The molecule has 4 atom stereocenters. The number of hydrogen-bond acceptors (Lipinski definition) is 8. The molecule has 1 aliphatic rings. The summed E-state index contributed by atoms with van der Waals surface area (Å²) in [6.07, 6.45) is 3.17. The maximum absolute atomic E-state index is 13.4. The zero-order valence-corrected chi connectivity index (χ0v) is 20.5. The first-order valence-electron chi connectivity index (χ1n) is 9.81. The lowest BCUT2D eigenvalue weighted by atomic mass is 10.3. The number of benzene rings is 1. The Morgan fingerprint density at radius 3 is 2.82 bits per heavy atom. The average Bonchev–Trinajstić information content (AvgIpc) is 3.23. The van der Waals surface area contributed by atoms with Crippen LogP contribution in [0.1, 0.15) is 18.7 Å². The van der Waals surface area contributed by atoms with Crippen LogP contribution < -0.4 is 20.9 Å². The zero-order chi connectivity index (χ0) is 24.2. The van der Waals surface area contributed by atoms with Crippen molar-refractivity contribution in [1.82, 2.24) is 14.6 Å². The van der Waals surface area contributed by atoms with E-state index in [4.69, 9.17) is 13.8 Å². The van der Waals surface area contributed by atoms with Crippen LogP contribution in [0.25, 0.3) is 0 Å². The summed E-state index contributed by atoms with van der Waals surface area (Å²) in [5.41, 5.74) is -0.757. The van der Waals surface area contributed by atoms with Crippen molar-refractivity contribution < 1.29 is 27.9 Å². The Morgan fingerprint density at radius 1 is 1.36 bits per heavy atom. The molecule has 178 valence electrons. The van der Waals surface area contributed by atoms with E-state index in [9.17, 15) is 18.9 Å². The second-order valence-electron chi connectivity index (χ2n) is 7.14. The number of nitrogens with one attached hydrogen (secondary N) is 2. The Labute approximate surface area is 197 Å². The summed E-state index contributed by atoms with van der Waals surface area (Å²) < 4.78 is 36.9. The number of carbonyl (C=O) groups is 1. The number of halogens is 1. The lowest BCUT2D eigenvalue weighted by Crippen LogP contribution is -2.35. The van der Waals surface area contributed by atoms with Gasteiger partial charge in [0.1, 0.15) is 17.9 Å². The highest BCUT2D eigenvalue weighted by atomic mass is 79.9. The van der Waals surface area contributed by atoms with Crippen molar-refractivity contribution in [3.8, 4) is 5.75 Å². The third-order valence-electron chi connectivity index (χ3n) is 4.56. The lowest BCUT2D eigenvalue weighted by molar-refractivity contribution is -0.142. The Balaban J connectivity index is 1.71. The number of aryl methyl sites for hydroxylation is 1. The molecule has 0 spiro atoms. The average molecular weight is 544 g/mol. The van der Waals surface area contributed by atoms with E-state index in [1.807, 2.05) is 0 Å². The number of hydrogen-bond donors (Lipinski definition) is 2. The smallest absolute Gasteiger partial charge is 0.459 e. The van der Waals surface area contributed by atoms with Gasteiger partial charge in [-0.05, 0) is 38.1 Å². The predicted molar refractivity (Wildman–Crippen MR) is 122 cm³/mol. The van der Waals surface area contributed by atoms with Crippen molar-refractivity contribution in [3.63, 3.8) is 0 Å². The maximum Gasteiger partial charge on any atom is 0.459 e.